The lowest BCUT2D eigenvalue weighted by atomic mass is 9.90. The largest absolute Gasteiger partial charge is 0.488 e. The average molecular weight is 355 g/mol. The second-order valence-electron chi connectivity index (χ2n) is 6.54. The van der Waals surface area contributed by atoms with Gasteiger partial charge in [0.25, 0.3) is 0 Å². The monoisotopic (exact) mass is 354 g/mol. The van der Waals surface area contributed by atoms with E-state index in [1.165, 1.54) is 0 Å². The normalized spacial score (nSPS) is 13.7. The molecule has 1 aliphatic rings. The molecule has 0 spiro atoms. The highest BCUT2D eigenvalue weighted by Gasteiger charge is 2.20. The van der Waals surface area contributed by atoms with E-state index in [9.17, 15) is 4.79 Å². The highest BCUT2D eigenvalue weighted by Crippen LogP contribution is 2.32. The fraction of sp³-hybridized carbons (Fsp3) is 0.286. The third kappa shape index (κ3) is 3.05. The van der Waals surface area contributed by atoms with Crippen LogP contribution < -0.4 is 10.4 Å². The molecule has 128 valence electrons. The molecule has 0 aliphatic heterocycles. The molecule has 0 atom stereocenters. The fourth-order valence-corrected chi connectivity index (χ4v) is 3.78. The average Bonchev–Trinajstić information content (AvgIpc) is 2.62. The van der Waals surface area contributed by atoms with Gasteiger partial charge in [0.1, 0.15) is 17.9 Å². The van der Waals surface area contributed by atoms with E-state index >= 15 is 0 Å². The predicted octanol–water partition coefficient (Wildman–Crippen LogP) is 5.21. The Morgan fingerprint density at radius 2 is 1.92 bits per heavy atom. The van der Waals surface area contributed by atoms with E-state index in [1.54, 1.807) is 0 Å². The van der Waals surface area contributed by atoms with Crippen molar-refractivity contribution in [1.82, 2.24) is 0 Å². The molecule has 1 aromatic heterocycles. The molecule has 25 heavy (non-hydrogen) atoms. The summed E-state index contributed by atoms with van der Waals surface area (Å²) in [6.07, 6.45) is 3.94. The molecule has 0 amide bonds. The number of halogens is 1. The van der Waals surface area contributed by atoms with Gasteiger partial charge in [-0.05, 0) is 68.0 Å². The van der Waals surface area contributed by atoms with Gasteiger partial charge >= 0.3 is 5.63 Å². The first-order chi connectivity index (χ1) is 12.1. The molecule has 2 aromatic carbocycles. The van der Waals surface area contributed by atoms with Gasteiger partial charge in [0.05, 0.1) is 0 Å². The molecule has 3 nitrogen and oxygen atoms in total. The van der Waals surface area contributed by atoms with Crippen LogP contribution in [0.5, 0.6) is 5.75 Å². The summed E-state index contributed by atoms with van der Waals surface area (Å²) in [4.78, 5) is 12.3. The van der Waals surface area contributed by atoms with Gasteiger partial charge in [0, 0.05) is 21.5 Å². The lowest BCUT2D eigenvalue weighted by molar-refractivity contribution is 0.304. The first-order valence-electron chi connectivity index (χ1n) is 8.59. The molecule has 3 aromatic rings. The minimum Gasteiger partial charge on any atom is -0.488 e. The second-order valence-corrected chi connectivity index (χ2v) is 6.97. The first-order valence-corrected chi connectivity index (χ1v) is 8.96. The van der Waals surface area contributed by atoms with Crippen LogP contribution in [0.25, 0.3) is 11.0 Å². The van der Waals surface area contributed by atoms with Crippen molar-refractivity contribution in [1.29, 1.82) is 0 Å². The maximum Gasteiger partial charge on any atom is 0.339 e. The van der Waals surface area contributed by atoms with Crippen LogP contribution in [0.2, 0.25) is 5.02 Å². The van der Waals surface area contributed by atoms with E-state index in [0.29, 0.717) is 17.2 Å². The molecular formula is C21H19ClO3. The Morgan fingerprint density at radius 3 is 2.72 bits per heavy atom. The van der Waals surface area contributed by atoms with Crippen LogP contribution in [0.3, 0.4) is 0 Å². The van der Waals surface area contributed by atoms with Crippen LogP contribution >= 0.6 is 11.6 Å². The number of benzene rings is 2. The van der Waals surface area contributed by atoms with Crippen molar-refractivity contribution in [3.8, 4) is 5.75 Å². The molecular weight excluding hydrogens is 336 g/mol. The Labute approximate surface area is 151 Å². The summed E-state index contributed by atoms with van der Waals surface area (Å²) >= 11 is 6.02. The maximum absolute atomic E-state index is 12.3. The summed E-state index contributed by atoms with van der Waals surface area (Å²) in [6, 6.07) is 11.6. The zero-order valence-corrected chi connectivity index (χ0v) is 14.9. The van der Waals surface area contributed by atoms with Crippen molar-refractivity contribution in [2.75, 3.05) is 0 Å². The molecule has 0 saturated carbocycles. The summed E-state index contributed by atoms with van der Waals surface area (Å²) in [6.45, 7) is 2.36. The van der Waals surface area contributed by atoms with Crippen LogP contribution in [0.1, 0.15) is 35.1 Å². The topological polar surface area (TPSA) is 39.4 Å². The third-order valence-corrected chi connectivity index (χ3v) is 5.11. The van der Waals surface area contributed by atoms with Gasteiger partial charge in [-0.1, -0.05) is 23.7 Å². The molecule has 0 radical (unpaired) electrons. The van der Waals surface area contributed by atoms with Crippen LogP contribution in [-0.4, -0.2) is 0 Å². The van der Waals surface area contributed by atoms with Crippen LogP contribution in [0.4, 0.5) is 0 Å². The molecule has 1 aliphatic carbocycles. The van der Waals surface area contributed by atoms with Crippen LogP contribution in [0, 0.1) is 6.92 Å². The molecule has 0 N–H and O–H groups in total. The number of hydrogen-bond acceptors (Lipinski definition) is 3. The zero-order chi connectivity index (χ0) is 17.4. The molecule has 4 heteroatoms. The zero-order valence-electron chi connectivity index (χ0n) is 14.1. The van der Waals surface area contributed by atoms with E-state index in [4.69, 9.17) is 20.8 Å². The molecule has 0 saturated heterocycles. The maximum atomic E-state index is 12.3. The van der Waals surface area contributed by atoms with Crippen LogP contribution in [0.15, 0.2) is 45.6 Å². The predicted molar refractivity (Wildman–Crippen MR) is 99.6 cm³/mol. The molecule has 0 unspecified atom stereocenters. The molecule has 0 fully saturated rings. The quantitative estimate of drug-likeness (QED) is 0.606. The lowest BCUT2D eigenvalue weighted by Gasteiger charge is -2.18. The van der Waals surface area contributed by atoms with Crippen molar-refractivity contribution >= 4 is 22.6 Å². The lowest BCUT2D eigenvalue weighted by Crippen LogP contribution is -2.16. The number of ether oxygens (including phenoxy) is 1. The minimum atomic E-state index is -0.197. The van der Waals surface area contributed by atoms with Crippen molar-refractivity contribution in [3.63, 3.8) is 0 Å². The minimum absolute atomic E-state index is 0.197. The molecule has 1 heterocycles. The Hall–Kier alpha value is -2.26. The Morgan fingerprint density at radius 1 is 1.12 bits per heavy atom. The summed E-state index contributed by atoms with van der Waals surface area (Å²) in [5.74, 6) is 0.728. The van der Waals surface area contributed by atoms with Gasteiger partial charge in [0.2, 0.25) is 0 Å². The highest BCUT2D eigenvalue weighted by atomic mass is 35.5. The van der Waals surface area contributed by atoms with Crippen molar-refractivity contribution in [3.05, 3.63) is 74.1 Å². The van der Waals surface area contributed by atoms with Crippen molar-refractivity contribution in [2.45, 2.75) is 39.2 Å². The van der Waals surface area contributed by atoms with E-state index in [0.717, 1.165) is 59.1 Å². The van der Waals surface area contributed by atoms with Crippen LogP contribution in [-0.2, 0) is 19.4 Å². The number of aryl methyl sites for hydroxylation is 2. The Bertz CT molecular complexity index is 1000. The van der Waals surface area contributed by atoms with E-state index in [-0.39, 0.29) is 5.63 Å². The van der Waals surface area contributed by atoms with E-state index < -0.39 is 0 Å². The molecule has 0 bridgehead atoms. The van der Waals surface area contributed by atoms with Gasteiger partial charge in [0.15, 0.2) is 0 Å². The number of fused-ring (bicyclic) bond motifs is 3. The van der Waals surface area contributed by atoms with Gasteiger partial charge in [-0.2, -0.15) is 0 Å². The van der Waals surface area contributed by atoms with Crippen molar-refractivity contribution < 1.29 is 9.15 Å². The third-order valence-electron chi connectivity index (χ3n) is 4.87. The van der Waals surface area contributed by atoms with E-state index in [1.807, 2.05) is 43.3 Å². The van der Waals surface area contributed by atoms with E-state index in [2.05, 4.69) is 0 Å². The molecule has 4 rings (SSSR count). The SMILES string of the molecule is Cc1c(OCc2cccc(Cl)c2)ccc2c3c(c(=O)oc12)CCCC3. The summed E-state index contributed by atoms with van der Waals surface area (Å²) < 4.78 is 11.6. The smallest absolute Gasteiger partial charge is 0.339 e. The van der Waals surface area contributed by atoms with Crippen molar-refractivity contribution in [2.24, 2.45) is 0 Å². The fourth-order valence-electron chi connectivity index (χ4n) is 3.57. The van der Waals surface area contributed by atoms with Gasteiger partial charge in [-0.25, -0.2) is 4.79 Å². The highest BCUT2D eigenvalue weighted by molar-refractivity contribution is 6.30. The first kappa shape index (κ1) is 16.2. The summed E-state index contributed by atoms with van der Waals surface area (Å²) in [5.41, 5.74) is 4.32. The number of rotatable bonds is 3. The van der Waals surface area contributed by atoms with Gasteiger partial charge in [-0.3, -0.25) is 0 Å². The Balaban J connectivity index is 1.72. The Kier molecular flexibility index (Phi) is 4.26. The standard InChI is InChI=1S/C21H19ClO3/c1-13-19(24-12-14-5-4-6-15(22)11-14)10-9-17-16-7-2-3-8-18(16)21(23)25-20(13)17/h4-6,9-11H,2-3,7-8,12H2,1H3. The van der Waals surface area contributed by atoms with Gasteiger partial charge in [-0.15, -0.1) is 0 Å². The second kappa shape index (κ2) is 6.57. The van der Waals surface area contributed by atoms with Gasteiger partial charge < -0.3 is 9.15 Å². The number of hydrogen-bond donors (Lipinski definition) is 0. The summed E-state index contributed by atoms with van der Waals surface area (Å²) in [7, 11) is 0. The summed E-state index contributed by atoms with van der Waals surface area (Å²) in [5, 5.41) is 1.73.